The summed E-state index contributed by atoms with van der Waals surface area (Å²) in [5.41, 5.74) is 0.967. The molecule has 0 spiro atoms. The zero-order chi connectivity index (χ0) is 21.6. The zero-order valence-corrected chi connectivity index (χ0v) is 17.0. The normalized spacial score (nSPS) is 11.0. The predicted molar refractivity (Wildman–Crippen MR) is 118 cm³/mol. The first-order valence-electron chi connectivity index (χ1n) is 10.2. The van der Waals surface area contributed by atoms with Gasteiger partial charge in [-0.05, 0) is 41.5 Å². The third-order valence-corrected chi connectivity index (χ3v) is 5.01. The van der Waals surface area contributed by atoms with Crippen LogP contribution in [0.15, 0.2) is 71.7 Å². The van der Waals surface area contributed by atoms with E-state index in [9.17, 15) is 14.4 Å². The molecular weight excluding hydrogens is 394 g/mol. The van der Waals surface area contributed by atoms with Gasteiger partial charge in [0.05, 0.1) is 0 Å². The number of hydrogen-bond donors (Lipinski definition) is 2. The van der Waals surface area contributed by atoms with Crippen molar-refractivity contribution in [1.82, 2.24) is 24.8 Å². The van der Waals surface area contributed by atoms with Crippen molar-refractivity contribution in [1.29, 1.82) is 0 Å². The van der Waals surface area contributed by atoms with Crippen LogP contribution in [0.1, 0.15) is 23.2 Å². The fourth-order valence-electron chi connectivity index (χ4n) is 3.38. The van der Waals surface area contributed by atoms with Gasteiger partial charge >= 0.3 is 5.69 Å². The van der Waals surface area contributed by atoms with Gasteiger partial charge in [0, 0.05) is 37.8 Å². The van der Waals surface area contributed by atoms with Gasteiger partial charge in [-0.1, -0.05) is 36.4 Å². The molecule has 0 radical (unpaired) electrons. The summed E-state index contributed by atoms with van der Waals surface area (Å²) in [4.78, 5) is 36.5. The highest BCUT2D eigenvalue weighted by atomic mass is 16.2. The number of hydrogen-bond acceptors (Lipinski definition) is 4. The molecule has 0 unspecified atom stereocenters. The van der Waals surface area contributed by atoms with Crippen molar-refractivity contribution in [2.45, 2.75) is 19.4 Å². The molecule has 0 bridgehead atoms. The number of benzene rings is 2. The highest BCUT2D eigenvalue weighted by Gasteiger charge is 2.08. The van der Waals surface area contributed by atoms with Crippen molar-refractivity contribution in [3.63, 3.8) is 0 Å². The molecule has 158 valence electrons. The van der Waals surface area contributed by atoms with Crippen LogP contribution in [0.25, 0.3) is 16.4 Å². The average Bonchev–Trinajstić information content (AvgIpc) is 3.12. The number of nitrogens with one attached hydrogen (secondary N) is 2. The van der Waals surface area contributed by atoms with Crippen molar-refractivity contribution < 1.29 is 9.59 Å². The summed E-state index contributed by atoms with van der Waals surface area (Å²) in [5, 5.41) is 11.9. The molecule has 8 heteroatoms. The molecule has 0 aliphatic carbocycles. The number of aryl methyl sites for hydroxylation is 1. The van der Waals surface area contributed by atoms with Crippen LogP contribution in [0.5, 0.6) is 0 Å². The van der Waals surface area contributed by atoms with Gasteiger partial charge in [0.1, 0.15) is 0 Å². The van der Waals surface area contributed by atoms with Gasteiger partial charge in [-0.2, -0.15) is 0 Å². The molecule has 2 N–H and O–H groups in total. The van der Waals surface area contributed by atoms with Crippen LogP contribution in [-0.2, 0) is 11.3 Å². The molecule has 4 rings (SSSR count). The zero-order valence-electron chi connectivity index (χ0n) is 17.0. The number of amides is 2. The molecule has 2 amide bonds. The second kappa shape index (κ2) is 9.25. The van der Waals surface area contributed by atoms with Gasteiger partial charge in [0.15, 0.2) is 5.65 Å². The summed E-state index contributed by atoms with van der Waals surface area (Å²) >= 11 is 0. The maximum Gasteiger partial charge on any atom is 0.350 e. The molecule has 0 atom stereocenters. The van der Waals surface area contributed by atoms with E-state index in [2.05, 4.69) is 15.7 Å². The highest BCUT2D eigenvalue weighted by Crippen LogP contribution is 2.15. The Morgan fingerprint density at radius 1 is 0.903 bits per heavy atom. The lowest BCUT2D eigenvalue weighted by molar-refractivity contribution is -0.120. The minimum absolute atomic E-state index is 0.152. The fourth-order valence-corrected chi connectivity index (χ4v) is 3.38. The molecule has 8 nitrogen and oxygen atoms in total. The van der Waals surface area contributed by atoms with Gasteiger partial charge < -0.3 is 10.6 Å². The van der Waals surface area contributed by atoms with Crippen LogP contribution >= 0.6 is 0 Å². The summed E-state index contributed by atoms with van der Waals surface area (Å²) in [6, 6.07) is 18.7. The number of nitrogens with zero attached hydrogens (tertiary/aromatic N) is 3. The van der Waals surface area contributed by atoms with Crippen molar-refractivity contribution in [2.24, 2.45) is 0 Å². The summed E-state index contributed by atoms with van der Waals surface area (Å²) < 4.78 is 2.88. The largest absolute Gasteiger partial charge is 0.356 e. The van der Waals surface area contributed by atoms with Gasteiger partial charge in [-0.15, -0.1) is 5.10 Å². The molecule has 2 aromatic carbocycles. The Hall–Kier alpha value is -3.94. The van der Waals surface area contributed by atoms with Gasteiger partial charge in [0.25, 0.3) is 5.91 Å². The van der Waals surface area contributed by atoms with E-state index >= 15 is 0 Å². The number of aromatic nitrogens is 3. The van der Waals surface area contributed by atoms with Crippen LogP contribution in [0.4, 0.5) is 0 Å². The molecule has 0 saturated carbocycles. The lowest BCUT2D eigenvalue weighted by Crippen LogP contribution is -2.32. The van der Waals surface area contributed by atoms with Gasteiger partial charge in [-0.25, -0.2) is 9.48 Å². The summed E-state index contributed by atoms with van der Waals surface area (Å²) in [5.74, 6) is -0.356. The highest BCUT2D eigenvalue weighted by molar-refractivity contribution is 5.98. The molecule has 0 fully saturated rings. The third kappa shape index (κ3) is 4.80. The first-order chi connectivity index (χ1) is 15.1. The Morgan fingerprint density at radius 3 is 2.55 bits per heavy atom. The van der Waals surface area contributed by atoms with Crippen LogP contribution in [0.3, 0.4) is 0 Å². The Bertz CT molecular complexity index is 1290. The molecule has 0 aliphatic rings. The monoisotopic (exact) mass is 417 g/mol. The number of carbonyl (C=O) groups excluding carboxylic acids is 2. The third-order valence-electron chi connectivity index (χ3n) is 5.01. The van der Waals surface area contributed by atoms with E-state index in [-0.39, 0.29) is 30.5 Å². The molecule has 0 saturated heterocycles. The van der Waals surface area contributed by atoms with E-state index in [0.717, 1.165) is 10.8 Å². The quantitative estimate of drug-likeness (QED) is 0.429. The maximum absolute atomic E-state index is 12.3. The number of carbonyl (C=O) groups is 2. The van der Waals surface area contributed by atoms with E-state index in [1.54, 1.807) is 24.4 Å². The van der Waals surface area contributed by atoms with Crippen molar-refractivity contribution in [3.05, 3.63) is 82.9 Å². The van der Waals surface area contributed by atoms with Crippen LogP contribution in [0.2, 0.25) is 0 Å². The van der Waals surface area contributed by atoms with Crippen LogP contribution < -0.4 is 16.3 Å². The maximum atomic E-state index is 12.3. The lowest BCUT2D eigenvalue weighted by Gasteiger charge is -2.07. The molecule has 2 heterocycles. The SMILES string of the molecule is O=C(CCNC(=O)c1ccc2ccccc2c1)NCCCn1nc2ccccn2c1=O. The topological polar surface area (TPSA) is 97.5 Å². The Kier molecular flexibility index (Phi) is 6.07. The summed E-state index contributed by atoms with van der Waals surface area (Å²) in [6.45, 7) is 1.10. The van der Waals surface area contributed by atoms with E-state index in [1.165, 1.54) is 9.08 Å². The molecule has 31 heavy (non-hydrogen) atoms. The number of rotatable bonds is 8. The second-order valence-corrected chi connectivity index (χ2v) is 7.21. The Labute approximate surface area is 178 Å². The molecular formula is C23H23N5O3. The van der Waals surface area contributed by atoms with Crippen molar-refractivity contribution in [3.8, 4) is 0 Å². The Balaban J connectivity index is 1.18. The van der Waals surface area contributed by atoms with Gasteiger partial charge in [-0.3, -0.25) is 14.0 Å². The predicted octanol–water partition coefficient (Wildman–Crippen LogP) is 1.98. The van der Waals surface area contributed by atoms with E-state index < -0.39 is 0 Å². The first-order valence-corrected chi connectivity index (χ1v) is 10.2. The molecule has 2 aromatic heterocycles. The van der Waals surface area contributed by atoms with E-state index in [4.69, 9.17) is 0 Å². The first kappa shape index (κ1) is 20.3. The van der Waals surface area contributed by atoms with Crippen molar-refractivity contribution >= 4 is 28.2 Å². The van der Waals surface area contributed by atoms with Crippen molar-refractivity contribution in [2.75, 3.05) is 13.1 Å². The molecule has 4 aromatic rings. The number of fused-ring (bicyclic) bond motifs is 2. The van der Waals surface area contributed by atoms with E-state index in [1.807, 2.05) is 42.5 Å². The van der Waals surface area contributed by atoms with Crippen LogP contribution in [-0.4, -0.2) is 39.1 Å². The second-order valence-electron chi connectivity index (χ2n) is 7.21. The lowest BCUT2D eigenvalue weighted by atomic mass is 10.1. The number of pyridine rings is 1. The fraction of sp³-hybridized carbons (Fsp3) is 0.217. The van der Waals surface area contributed by atoms with Crippen LogP contribution in [0, 0.1) is 0 Å². The van der Waals surface area contributed by atoms with Gasteiger partial charge in [0.2, 0.25) is 5.91 Å². The Morgan fingerprint density at radius 2 is 1.71 bits per heavy atom. The minimum atomic E-state index is -0.204. The molecule has 0 aliphatic heterocycles. The summed E-state index contributed by atoms with van der Waals surface area (Å²) in [6.07, 6.45) is 2.45. The smallest absolute Gasteiger partial charge is 0.350 e. The van der Waals surface area contributed by atoms with E-state index in [0.29, 0.717) is 30.7 Å². The standard InChI is InChI=1S/C23H23N5O3/c29-21(24-12-5-15-28-23(31)27-14-4-3-8-20(27)26-28)11-13-25-22(30)19-10-9-17-6-1-2-7-18(17)16-19/h1-4,6-10,14,16H,5,11-13,15H2,(H,24,29)(H,25,30). The average molecular weight is 417 g/mol. The minimum Gasteiger partial charge on any atom is -0.356 e. The summed E-state index contributed by atoms with van der Waals surface area (Å²) in [7, 11) is 0.